The van der Waals surface area contributed by atoms with Crippen LogP contribution in [-0.4, -0.2) is 60.8 Å². The molecular formula is C19H25N3O3. The maximum absolute atomic E-state index is 12.5. The fourth-order valence-electron chi connectivity index (χ4n) is 3.00. The monoisotopic (exact) mass is 343 g/mol. The van der Waals surface area contributed by atoms with Gasteiger partial charge in [0.15, 0.2) is 0 Å². The van der Waals surface area contributed by atoms with E-state index in [1.807, 2.05) is 44.2 Å². The number of benzene rings is 1. The first kappa shape index (κ1) is 17.6. The zero-order valence-corrected chi connectivity index (χ0v) is 14.8. The van der Waals surface area contributed by atoms with Crippen molar-refractivity contribution in [3.63, 3.8) is 0 Å². The lowest BCUT2D eigenvalue weighted by Crippen LogP contribution is -2.58. The Morgan fingerprint density at radius 2 is 2.04 bits per heavy atom. The van der Waals surface area contributed by atoms with Crippen LogP contribution in [0.4, 0.5) is 0 Å². The number of ether oxygens (including phenoxy) is 2. The molecule has 6 heteroatoms. The van der Waals surface area contributed by atoms with Gasteiger partial charge in [0.1, 0.15) is 17.9 Å². The molecule has 0 aliphatic carbocycles. The Morgan fingerprint density at radius 3 is 2.84 bits per heavy atom. The fraction of sp³-hybridized carbons (Fsp3) is 0.474. The number of morpholine rings is 1. The summed E-state index contributed by atoms with van der Waals surface area (Å²) in [6.07, 6.45) is 1.75. The molecule has 6 nitrogen and oxygen atoms in total. The van der Waals surface area contributed by atoms with Gasteiger partial charge in [-0.25, -0.2) is 0 Å². The number of aromatic nitrogens is 1. The molecular weight excluding hydrogens is 318 g/mol. The van der Waals surface area contributed by atoms with E-state index in [0.717, 1.165) is 29.7 Å². The van der Waals surface area contributed by atoms with Crippen LogP contribution in [0.2, 0.25) is 0 Å². The van der Waals surface area contributed by atoms with Crippen LogP contribution in [-0.2, 0) is 9.53 Å². The van der Waals surface area contributed by atoms with Crippen LogP contribution in [0.3, 0.4) is 0 Å². The molecule has 3 rings (SSSR count). The van der Waals surface area contributed by atoms with Crippen LogP contribution >= 0.6 is 0 Å². The summed E-state index contributed by atoms with van der Waals surface area (Å²) in [6.45, 7) is 7.65. The van der Waals surface area contributed by atoms with Crippen LogP contribution in [0.15, 0.2) is 36.5 Å². The molecule has 1 amide bonds. The van der Waals surface area contributed by atoms with Gasteiger partial charge in [0.25, 0.3) is 0 Å². The second kappa shape index (κ2) is 7.80. The number of para-hydroxylation sites is 1. The standard InChI is InChI=1S/C19H25N3O3/c1-19(2,22-10-13-24-14-11-22)18(23)21-9-12-25-16-7-3-5-15-6-4-8-20-17(15)16/h3-8H,9-14H2,1-2H3,(H,21,23). The van der Waals surface area contributed by atoms with Crippen LogP contribution in [0, 0.1) is 0 Å². The average Bonchev–Trinajstić information content (AvgIpc) is 2.65. The van der Waals surface area contributed by atoms with Crippen molar-refractivity contribution in [2.45, 2.75) is 19.4 Å². The number of hydrogen-bond acceptors (Lipinski definition) is 5. The van der Waals surface area contributed by atoms with Crippen molar-refractivity contribution in [2.24, 2.45) is 0 Å². The maximum atomic E-state index is 12.5. The molecule has 1 aliphatic rings. The van der Waals surface area contributed by atoms with Gasteiger partial charge in [0.2, 0.25) is 5.91 Å². The van der Waals surface area contributed by atoms with Crippen molar-refractivity contribution in [2.75, 3.05) is 39.5 Å². The van der Waals surface area contributed by atoms with E-state index in [1.165, 1.54) is 0 Å². The summed E-state index contributed by atoms with van der Waals surface area (Å²) in [7, 11) is 0. The highest BCUT2D eigenvalue weighted by Gasteiger charge is 2.35. The summed E-state index contributed by atoms with van der Waals surface area (Å²) < 4.78 is 11.2. The molecule has 134 valence electrons. The third-order valence-electron chi connectivity index (χ3n) is 4.60. The normalized spacial score (nSPS) is 15.9. The van der Waals surface area contributed by atoms with Crippen molar-refractivity contribution < 1.29 is 14.3 Å². The lowest BCUT2D eigenvalue weighted by molar-refractivity contribution is -0.134. The molecule has 0 saturated carbocycles. The van der Waals surface area contributed by atoms with Gasteiger partial charge in [-0.3, -0.25) is 14.7 Å². The Balaban J connectivity index is 1.51. The Labute approximate surface area is 148 Å². The molecule has 0 bridgehead atoms. The van der Waals surface area contributed by atoms with E-state index < -0.39 is 5.54 Å². The van der Waals surface area contributed by atoms with Gasteiger partial charge < -0.3 is 14.8 Å². The summed E-state index contributed by atoms with van der Waals surface area (Å²) in [4.78, 5) is 19.0. The lowest BCUT2D eigenvalue weighted by atomic mass is 10.0. The molecule has 1 saturated heterocycles. The molecule has 2 heterocycles. The average molecular weight is 343 g/mol. The Hall–Kier alpha value is -2.18. The van der Waals surface area contributed by atoms with Crippen molar-refractivity contribution in [3.8, 4) is 5.75 Å². The molecule has 1 aromatic carbocycles. The highest BCUT2D eigenvalue weighted by atomic mass is 16.5. The predicted octanol–water partition coefficient (Wildman–Crippen LogP) is 1.84. The first-order chi connectivity index (χ1) is 12.1. The number of nitrogens with one attached hydrogen (secondary N) is 1. The molecule has 1 N–H and O–H groups in total. The van der Waals surface area contributed by atoms with E-state index >= 15 is 0 Å². The van der Waals surface area contributed by atoms with Crippen LogP contribution < -0.4 is 10.1 Å². The number of carbonyl (C=O) groups is 1. The summed E-state index contributed by atoms with van der Waals surface area (Å²) in [6, 6.07) is 9.75. The van der Waals surface area contributed by atoms with Crippen LogP contribution in [0.1, 0.15) is 13.8 Å². The van der Waals surface area contributed by atoms with Gasteiger partial charge in [0.05, 0.1) is 25.3 Å². The highest BCUT2D eigenvalue weighted by molar-refractivity contribution is 5.85. The summed E-state index contributed by atoms with van der Waals surface area (Å²) >= 11 is 0. The van der Waals surface area contributed by atoms with E-state index in [1.54, 1.807) is 6.20 Å². The second-order valence-electron chi connectivity index (χ2n) is 6.59. The lowest BCUT2D eigenvalue weighted by Gasteiger charge is -2.39. The van der Waals surface area contributed by atoms with E-state index in [0.29, 0.717) is 26.4 Å². The van der Waals surface area contributed by atoms with Gasteiger partial charge in [-0.05, 0) is 26.0 Å². The maximum Gasteiger partial charge on any atom is 0.240 e. The minimum Gasteiger partial charge on any atom is -0.489 e. The van der Waals surface area contributed by atoms with Crippen LogP contribution in [0.25, 0.3) is 10.9 Å². The topological polar surface area (TPSA) is 63.7 Å². The predicted molar refractivity (Wildman–Crippen MR) is 96.7 cm³/mol. The van der Waals surface area contributed by atoms with E-state index in [9.17, 15) is 4.79 Å². The van der Waals surface area contributed by atoms with Gasteiger partial charge in [0, 0.05) is 24.7 Å². The van der Waals surface area contributed by atoms with Crippen molar-refractivity contribution >= 4 is 16.8 Å². The Morgan fingerprint density at radius 1 is 1.28 bits per heavy atom. The molecule has 0 unspecified atom stereocenters. The summed E-state index contributed by atoms with van der Waals surface area (Å²) in [5.41, 5.74) is 0.287. The summed E-state index contributed by atoms with van der Waals surface area (Å²) in [5.74, 6) is 0.744. The number of nitrogens with zero attached hydrogens (tertiary/aromatic N) is 2. The molecule has 1 aromatic heterocycles. The number of carbonyl (C=O) groups excluding carboxylic acids is 1. The van der Waals surface area contributed by atoms with E-state index in [4.69, 9.17) is 9.47 Å². The first-order valence-electron chi connectivity index (χ1n) is 8.67. The van der Waals surface area contributed by atoms with Gasteiger partial charge in [-0.2, -0.15) is 0 Å². The first-order valence-corrected chi connectivity index (χ1v) is 8.67. The quantitative estimate of drug-likeness (QED) is 0.811. The fourth-order valence-corrected chi connectivity index (χ4v) is 3.00. The molecule has 0 spiro atoms. The van der Waals surface area contributed by atoms with E-state index in [2.05, 4.69) is 15.2 Å². The largest absolute Gasteiger partial charge is 0.489 e. The number of pyridine rings is 1. The van der Waals surface area contributed by atoms with Crippen molar-refractivity contribution in [1.82, 2.24) is 15.2 Å². The molecule has 25 heavy (non-hydrogen) atoms. The Bertz CT molecular complexity index is 721. The summed E-state index contributed by atoms with van der Waals surface area (Å²) in [5, 5.41) is 4.01. The van der Waals surface area contributed by atoms with Gasteiger partial charge in [-0.1, -0.05) is 18.2 Å². The zero-order valence-electron chi connectivity index (χ0n) is 14.8. The minimum atomic E-state index is -0.551. The number of amides is 1. The molecule has 0 radical (unpaired) electrons. The number of rotatable bonds is 6. The number of fused-ring (bicyclic) bond motifs is 1. The SMILES string of the molecule is CC(C)(C(=O)NCCOc1cccc2cccnc12)N1CCOCC1. The third kappa shape index (κ3) is 4.08. The molecule has 2 aromatic rings. The van der Waals surface area contributed by atoms with Crippen LogP contribution in [0.5, 0.6) is 5.75 Å². The van der Waals surface area contributed by atoms with Crippen molar-refractivity contribution in [3.05, 3.63) is 36.5 Å². The number of hydrogen-bond donors (Lipinski definition) is 1. The van der Waals surface area contributed by atoms with Gasteiger partial charge in [-0.15, -0.1) is 0 Å². The highest BCUT2D eigenvalue weighted by Crippen LogP contribution is 2.22. The second-order valence-corrected chi connectivity index (χ2v) is 6.59. The van der Waals surface area contributed by atoms with Gasteiger partial charge >= 0.3 is 0 Å². The molecule has 0 atom stereocenters. The third-order valence-corrected chi connectivity index (χ3v) is 4.60. The Kier molecular flexibility index (Phi) is 5.50. The zero-order chi connectivity index (χ0) is 17.7. The van der Waals surface area contributed by atoms with Crippen molar-refractivity contribution in [1.29, 1.82) is 0 Å². The molecule has 1 fully saturated rings. The molecule has 1 aliphatic heterocycles. The smallest absolute Gasteiger partial charge is 0.240 e. The minimum absolute atomic E-state index is 0.00837. The van der Waals surface area contributed by atoms with E-state index in [-0.39, 0.29) is 5.91 Å².